The maximum atomic E-state index is 12.3. The first-order valence-electron chi connectivity index (χ1n) is 6.39. The van der Waals surface area contributed by atoms with Gasteiger partial charge in [0.2, 0.25) is 11.7 Å². The summed E-state index contributed by atoms with van der Waals surface area (Å²) in [6.07, 6.45) is 3.12. The fraction of sp³-hybridized carbons (Fsp3) is 0.0625. The maximum absolute atomic E-state index is 12.3. The average molecular weight is 280 g/mol. The number of fused-ring (bicyclic) bond motifs is 1. The predicted octanol–water partition coefficient (Wildman–Crippen LogP) is 3.02. The van der Waals surface area contributed by atoms with E-state index < -0.39 is 0 Å². The summed E-state index contributed by atoms with van der Waals surface area (Å²) in [5.41, 5.74) is 1.71. The molecule has 1 amide bonds. The fourth-order valence-corrected chi connectivity index (χ4v) is 2.07. The molecule has 2 aromatic heterocycles. The van der Waals surface area contributed by atoms with Gasteiger partial charge in [-0.05, 0) is 30.3 Å². The van der Waals surface area contributed by atoms with E-state index in [0.717, 1.165) is 5.39 Å². The number of anilines is 1. The number of furan rings is 1. The van der Waals surface area contributed by atoms with E-state index in [-0.39, 0.29) is 17.5 Å². The molecule has 0 unspecified atom stereocenters. The molecule has 3 rings (SSSR count). The first-order valence-corrected chi connectivity index (χ1v) is 6.39. The van der Waals surface area contributed by atoms with Gasteiger partial charge in [-0.3, -0.25) is 14.6 Å². The zero-order valence-electron chi connectivity index (χ0n) is 11.3. The van der Waals surface area contributed by atoms with Crippen LogP contribution in [-0.2, 0) is 4.79 Å². The Morgan fingerprint density at radius 3 is 2.57 bits per heavy atom. The van der Waals surface area contributed by atoms with Crippen LogP contribution in [-0.4, -0.2) is 16.7 Å². The molecule has 3 aromatic rings. The van der Waals surface area contributed by atoms with E-state index in [1.54, 1.807) is 48.8 Å². The van der Waals surface area contributed by atoms with Crippen LogP contribution in [0.1, 0.15) is 23.0 Å². The first kappa shape index (κ1) is 13.1. The van der Waals surface area contributed by atoms with E-state index in [9.17, 15) is 9.59 Å². The lowest BCUT2D eigenvalue weighted by Gasteiger charge is -2.00. The van der Waals surface area contributed by atoms with Crippen LogP contribution in [0, 0.1) is 0 Å². The lowest BCUT2D eigenvalue weighted by Crippen LogP contribution is -2.05. The van der Waals surface area contributed by atoms with Crippen LogP contribution >= 0.6 is 0 Å². The van der Waals surface area contributed by atoms with Crippen LogP contribution in [0.4, 0.5) is 5.69 Å². The molecule has 0 aliphatic heterocycles. The van der Waals surface area contributed by atoms with Crippen molar-refractivity contribution in [2.75, 3.05) is 5.32 Å². The Kier molecular flexibility index (Phi) is 3.23. The molecular formula is C16H12N2O3. The van der Waals surface area contributed by atoms with E-state index in [1.165, 1.54) is 6.92 Å². The van der Waals surface area contributed by atoms with E-state index >= 15 is 0 Å². The van der Waals surface area contributed by atoms with Gasteiger partial charge in [0.1, 0.15) is 5.58 Å². The number of carbonyl (C=O) groups is 2. The lowest BCUT2D eigenvalue weighted by molar-refractivity contribution is -0.114. The molecule has 5 heteroatoms. The zero-order valence-corrected chi connectivity index (χ0v) is 11.3. The Morgan fingerprint density at radius 2 is 1.86 bits per heavy atom. The molecule has 5 nitrogen and oxygen atoms in total. The Morgan fingerprint density at radius 1 is 1.10 bits per heavy atom. The summed E-state index contributed by atoms with van der Waals surface area (Å²) in [6, 6.07) is 10.2. The fourth-order valence-electron chi connectivity index (χ4n) is 2.07. The van der Waals surface area contributed by atoms with E-state index in [2.05, 4.69) is 10.3 Å². The van der Waals surface area contributed by atoms with Crippen LogP contribution in [0.15, 0.2) is 53.2 Å². The molecule has 0 aliphatic rings. The Hall–Kier alpha value is -2.95. The van der Waals surface area contributed by atoms with Gasteiger partial charge in [0.05, 0.1) is 0 Å². The third-order valence-corrected chi connectivity index (χ3v) is 3.01. The van der Waals surface area contributed by atoms with Gasteiger partial charge in [-0.2, -0.15) is 0 Å². The summed E-state index contributed by atoms with van der Waals surface area (Å²) in [5, 5.41) is 3.48. The maximum Gasteiger partial charge on any atom is 0.228 e. The van der Waals surface area contributed by atoms with Crippen molar-refractivity contribution in [3.05, 3.63) is 60.1 Å². The SMILES string of the molecule is CC(=O)Nc1ccc2cc(C(=O)c3ccncc3)oc2c1. The molecule has 1 aromatic carbocycles. The highest BCUT2D eigenvalue weighted by Crippen LogP contribution is 2.24. The number of rotatable bonds is 3. The van der Waals surface area contributed by atoms with Gasteiger partial charge >= 0.3 is 0 Å². The molecule has 2 heterocycles. The topological polar surface area (TPSA) is 72.2 Å². The second kappa shape index (κ2) is 5.20. The second-order valence-corrected chi connectivity index (χ2v) is 4.61. The molecule has 1 N–H and O–H groups in total. The smallest absolute Gasteiger partial charge is 0.228 e. The van der Waals surface area contributed by atoms with Gasteiger partial charge in [0.25, 0.3) is 0 Å². The van der Waals surface area contributed by atoms with E-state index in [1.807, 2.05) is 0 Å². The van der Waals surface area contributed by atoms with Gasteiger partial charge in [0, 0.05) is 42.0 Å². The van der Waals surface area contributed by atoms with E-state index in [0.29, 0.717) is 16.8 Å². The zero-order chi connectivity index (χ0) is 14.8. The van der Waals surface area contributed by atoms with Crippen LogP contribution < -0.4 is 5.32 Å². The summed E-state index contributed by atoms with van der Waals surface area (Å²) in [4.78, 5) is 27.2. The normalized spacial score (nSPS) is 10.5. The van der Waals surface area contributed by atoms with Crippen molar-refractivity contribution in [3.63, 3.8) is 0 Å². The third-order valence-electron chi connectivity index (χ3n) is 3.01. The minimum atomic E-state index is -0.199. The van der Waals surface area contributed by atoms with E-state index in [4.69, 9.17) is 4.42 Å². The Balaban J connectivity index is 1.97. The van der Waals surface area contributed by atoms with Crippen molar-refractivity contribution in [2.24, 2.45) is 0 Å². The van der Waals surface area contributed by atoms with Gasteiger partial charge < -0.3 is 9.73 Å². The Bertz CT molecular complexity index is 822. The van der Waals surface area contributed by atoms with Crippen LogP contribution in [0.5, 0.6) is 0 Å². The molecule has 0 radical (unpaired) electrons. The number of hydrogen-bond acceptors (Lipinski definition) is 4. The number of amides is 1. The highest BCUT2D eigenvalue weighted by molar-refractivity contribution is 6.09. The number of aromatic nitrogens is 1. The van der Waals surface area contributed by atoms with Gasteiger partial charge in [-0.25, -0.2) is 0 Å². The molecule has 0 fully saturated rings. The monoisotopic (exact) mass is 280 g/mol. The highest BCUT2D eigenvalue weighted by Gasteiger charge is 2.14. The minimum absolute atomic E-state index is 0.158. The summed E-state index contributed by atoms with van der Waals surface area (Å²) < 4.78 is 5.59. The molecule has 0 bridgehead atoms. The average Bonchev–Trinajstić information content (AvgIpc) is 2.90. The molecule has 0 aliphatic carbocycles. The van der Waals surface area contributed by atoms with Crippen molar-refractivity contribution < 1.29 is 14.0 Å². The molecular weight excluding hydrogens is 268 g/mol. The summed E-state index contributed by atoms with van der Waals surface area (Å²) in [5.74, 6) is -0.0974. The van der Waals surface area contributed by atoms with Gasteiger partial charge in [-0.15, -0.1) is 0 Å². The molecule has 0 saturated heterocycles. The molecule has 21 heavy (non-hydrogen) atoms. The molecule has 104 valence electrons. The van der Waals surface area contributed by atoms with Crippen LogP contribution in [0.25, 0.3) is 11.0 Å². The number of nitrogens with zero attached hydrogens (tertiary/aromatic N) is 1. The van der Waals surface area contributed by atoms with Crippen molar-refractivity contribution in [1.29, 1.82) is 0 Å². The molecule has 0 atom stereocenters. The van der Waals surface area contributed by atoms with Crippen molar-refractivity contribution >= 4 is 28.3 Å². The lowest BCUT2D eigenvalue weighted by atomic mass is 10.1. The Labute approximate surface area is 120 Å². The second-order valence-electron chi connectivity index (χ2n) is 4.61. The molecule has 0 spiro atoms. The van der Waals surface area contributed by atoms with Gasteiger partial charge in [-0.1, -0.05) is 0 Å². The van der Waals surface area contributed by atoms with Crippen molar-refractivity contribution in [1.82, 2.24) is 4.98 Å². The van der Waals surface area contributed by atoms with Crippen LogP contribution in [0.2, 0.25) is 0 Å². The largest absolute Gasteiger partial charge is 0.452 e. The highest BCUT2D eigenvalue weighted by atomic mass is 16.3. The standard InChI is InChI=1S/C16H12N2O3/c1-10(19)18-13-3-2-12-8-15(21-14(12)9-13)16(20)11-4-6-17-7-5-11/h2-9H,1H3,(H,18,19). The molecule has 0 saturated carbocycles. The van der Waals surface area contributed by atoms with Gasteiger partial charge in [0.15, 0.2) is 5.76 Å². The van der Waals surface area contributed by atoms with Crippen molar-refractivity contribution in [3.8, 4) is 0 Å². The quantitative estimate of drug-likeness (QED) is 0.748. The number of benzene rings is 1. The third kappa shape index (κ3) is 2.67. The number of ketones is 1. The number of nitrogens with one attached hydrogen (secondary N) is 1. The number of pyridine rings is 1. The predicted molar refractivity (Wildman–Crippen MR) is 78.2 cm³/mol. The summed E-state index contributed by atoms with van der Waals surface area (Å²) in [6.45, 7) is 1.44. The van der Waals surface area contributed by atoms with Crippen molar-refractivity contribution in [2.45, 2.75) is 6.92 Å². The summed E-state index contributed by atoms with van der Waals surface area (Å²) in [7, 11) is 0. The minimum Gasteiger partial charge on any atom is -0.452 e. The first-order chi connectivity index (χ1) is 10.1. The van der Waals surface area contributed by atoms with Crippen LogP contribution in [0.3, 0.4) is 0 Å². The summed E-state index contributed by atoms with van der Waals surface area (Å²) >= 11 is 0. The number of carbonyl (C=O) groups excluding carboxylic acids is 2. The number of hydrogen-bond donors (Lipinski definition) is 1.